The quantitative estimate of drug-likeness (QED) is 0.0893. The molecule has 0 saturated carbocycles. The topological polar surface area (TPSA) is 52.6 Å². The third-order valence-electron chi connectivity index (χ3n) is 5.06. The first-order chi connectivity index (χ1) is 13.7. The zero-order valence-corrected chi connectivity index (χ0v) is 18.4. The van der Waals surface area contributed by atoms with Crippen LogP contribution in [0.3, 0.4) is 0 Å². The van der Waals surface area contributed by atoms with Crippen molar-refractivity contribution in [3.63, 3.8) is 0 Å². The van der Waals surface area contributed by atoms with E-state index in [2.05, 4.69) is 13.8 Å². The minimum atomic E-state index is -0.0802. The smallest absolute Gasteiger partial charge is 0.306 e. The predicted octanol–water partition coefficient (Wildman–Crippen LogP) is 6.60. The van der Waals surface area contributed by atoms with E-state index in [4.69, 9.17) is 9.47 Å². The molecular formula is C24H45O4+. The standard InChI is InChI=1S/C24H45O4/c1-3-5-7-9-11-13-17-23(18-14-12-10-8-6-4-2)28-24(26)19-15-16-21-27-22-20-25/h20,23H,1,3-19,21-22H2,2H3/q+1. The zero-order chi connectivity index (χ0) is 20.7. The third kappa shape index (κ3) is 19.7. The van der Waals surface area contributed by atoms with Crippen molar-refractivity contribution >= 4 is 12.3 Å². The number of carbonyl (C=O) groups is 2. The summed E-state index contributed by atoms with van der Waals surface area (Å²) in [6.07, 6.45) is 19.5. The van der Waals surface area contributed by atoms with Gasteiger partial charge in [-0.3, -0.25) is 4.79 Å². The van der Waals surface area contributed by atoms with Crippen LogP contribution in [-0.4, -0.2) is 31.6 Å². The Kier molecular flexibility index (Phi) is 21.4. The molecule has 0 spiro atoms. The lowest BCUT2D eigenvalue weighted by Crippen LogP contribution is -2.18. The maximum atomic E-state index is 12.2. The lowest BCUT2D eigenvalue weighted by molar-refractivity contribution is -0.150. The van der Waals surface area contributed by atoms with E-state index in [-0.39, 0.29) is 18.7 Å². The lowest BCUT2D eigenvalue weighted by atomic mass is 10.0. The van der Waals surface area contributed by atoms with Crippen LogP contribution in [0.4, 0.5) is 0 Å². The second-order valence-electron chi connectivity index (χ2n) is 7.78. The molecule has 0 radical (unpaired) electrons. The van der Waals surface area contributed by atoms with Crippen LogP contribution < -0.4 is 0 Å². The summed E-state index contributed by atoms with van der Waals surface area (Å²) in [5, 5.41) is 0. The molecule has 0 aromatic rings. The first-order valence-corrected chi connectivity index (χ1v) is 11.7. The highest BCUT2D eigenvalue weighted by atomic mass is 16.5. The van der Waals surface area contributed by atoms with Crippen molar-refractivity contribution in [3.05, 3.63) is 6.92 Å². The Morgan fingerprint density at radius 3 is 2.07 bits per heavy atom. The van der Waals surface area contributed by atoms with Gasteiger partial charge in [-0.05, 0) is 51.4 Å². The zero-order valence-electron chi connectivity index (χ0n) is 18.4. The van der Waals surface area contributed by atoms with Crippen molar-refractivity contribution in [3.8, 4) is 0 Å². The predicted molar refractivity (Wildman–Crippen MR) is 116 cm³/mol. The van der Waals surface area contributed by atoms with Gasteiger partial charge in [-0.2, -0.15) is 0 Å². The summed E-state index contributed by atoms with van der Waals surface area (Å²) in [5.41, 5.74) is 0. The Morgan fingerprint density at radius 1 is 0.857 bits per heavy atom. The van der Waals surface area contributed by atoms with Crippen LogP contribution in [-0.2, 0) is 19.1 Å². The number of hydrogen-bond acceptors (Lipinski definition) is 4. The van der Waals surface area contributed by atoms with Crippen LogP contribution in [0.25, 0.3) is 0 Å². The molecule has 0 heterocycles. The summed E-state index contributed by atoms with van der Waals surface area (Å²) < 4.78 is 10.9. The van der Waals surface area contributed by atoms with Crippen molar-refractivity contribution in [2.24, 2.45) is 0 Å². The number of rotatable bonds is 22. The third-order valence-corrected chi connectivity index (χ3v) is 5.06. The average molecular weight is 398 g/mol. The number of aldehydes is 1. The van der Waals surface area contributed by atoms with Gasteiger partial charge in [0.15, 0.2) is 0 Å². The number of carbonyl (C=O) groups excluding carboxylic acids is 2. The van der Waals surface area contributed by atoms with Crippen molar-refractivity contribution < 1.29 is 19.1 Å². The fourth-order valence-corrected chi connectivity index (χ4v) is 3.34. The molecule has 4 nitrogen and oxygen atoms in total. The van der Waals surface area contributed by atoms with E-state index < -0.39 is 0 Å². The molecule has 0 aromatic carbocycles. The van der Waals surface area contributed by atoms with E-state index in [1.54, 1.807) is 0 Å². The Morgan fingerprint density at radius 2 is 1.46 bits per heavy atom. The van der Waals surface area contributed by atoms with Crippen molar-refractivity contribution in [1.29, 1.82) is 0 Å². The van der Waals surface area contributed by atoms with Gasteiger partial charge in [0.2, 0.25) is 0 Å². The molecule has 28 heavy (non-hydrogen) atoms. The fourth-order valence-electron chi connectivity index (χ4n) is 3.34. The molecular weight excluding hydrogens is 352 g/mol. The molecule has 0 aliphatic carbocycles. The van der Waals surface area contributed by atoms with Crippen LogP contribution in [0.1, 0.15) is 116 Å². The van der Waals surface area contributed by atoms with Crippen LogP contribution in [0.2, 0.25) is 0 Å². The number of esters is 1. The summed E-state index contributed by atoms with van der Waals surface area (Å²) in [7, 11) is 0. The van der Waals surface area contributed by atoms with Gasteiger partial charge in [0.25, 0.3) is 0 Å². The van der Waals surface area contributed by atoms with Crippen LogP contribution in [0, 0.1) is 6.92 Å². The minimum absolute atomic E-state index is 0.0802. The number of unbranched alkanes of at least 4 members (excludes halogenated alkanes) is 11. The average Bonchev–Trinajstić information content (AvgIpc) is 2.69. The van der Waals surface area contributed by atoms with E-state index in [0.29, 0.717) is 13.0 Å². The maximum Gasteiger partial charge on any atom is 0.306 e. The maximum absolute atomic E-state index is 12.2. The van der Waals surface area contributed by atoms with E-state index >= 15 is 0 Å². The fraction of sp³-hybridized carbons (Fsp3) is 0.875. The van der Waals surface area contributed by atoms with E-state index in [1.165, 1.54) is 57.8 Å². The Labute approximate surface area is 174 Å². The first kappa shape index (κ1) is 27.0. The SMILES string of the molecule is [CH2+]CCCCCCCC(CCCCCCCC)OC(=O)CCCCOCC=O. The van der Waals surface area contributed by atoms with Crippen molar-refractivity contribution in [2.75, 3.05) is 13.2 Å². The molecule has 1 atom stereocenters. The normalized spacial score (nSPS) is 12.0. The van der Waals surface area contributed by atoms with Gasteiger partial charge in [0.1, 0.15) is 19.0 Å². The Hall–Kier alpha value is -1.03. The monoisotopic (exact) mass is 397 g/mol. The molecule has 0 rings (SSSR count). The summed E-state index contributed by atoms with van der Waals surface area (Å²) in [6, 6.07) is 0. The summed E-state index contributed by atoms with van der Waals surface area (Å²) in [6.45, 7) is 6.79. The number of ether oxygens (including phenoxy) is 2. The second-order valence-corrected chi connectivity index (χ2v) is 7.78. The lowest BCUT2D eigenvalue weighted by Gasteiger charge is -2.18. The highest BCUT2D eigenvalue weighted by molar-refractivity contribution is 5.69. The van der Waals surface area contributed by atoms with Crippen LogP contribution in [0.5, 0.6) is 0 Å². The van der Waals surface area contributed by atoms with E-state index in [9.17, 15) is 9.59 Å². The van der Waals surface area contributed by atoms with Gasteiger partial charge in [0.05, 0.1) is 13.3 Å². The minimum Gasteiger partial charge on any atom is -0.462 e. The molecule has 0 N–H and O–H groups in total. The summed E-state index contributed by atoms with van der Waals surface area (Å²) in [5.74, 6) is -0.0802. The molecule has 1 unspecified atom stereocenters. The van der Waals surface area contributed by atoms with E-state index in [1.807, 2.05) is 0 Å². The second kappa shape index (κ2) is 22.3. The highest BCUT2D eigenvalue weighted by Crippen LogP contribution is 2.17. The number of hydrogen-bond donors (Lipinski definition) is 0. The molecule has 0 aliphatic rings. The van der Waals surface area contributed by atoms with Gasteiger partial charge >= 0.3 is 5.97 Å². The molecule has 164 valence electrons. The Balaban J connectivity index is 4.00. The molecule has 0 amide bonds. The summed E-state index contributed by atoms with van der Waals surface area (Å²) in [4.78, 5) is 22.3. The van der Waals surface area contributed by atoms with Gasteiger partial charge in [-0.1, -0.05) is 51.9 Å². The molecule has 0 bridgehead atoms. The summed E-state index contributed by atoms with van der Waals surface area (Å²) >= 11 is 0. The van der Waals surface area contributed by atoms with Crippen molar-refractivity contribution in [1.82, 2.24) is 0 Å². The largest absolute Gasteiger partial charge is 0.462 e. The van der Waals surface area contributed by atoms with Gasteiger partial charge < -0.3 is 14.3 Å². The van der Waals surface area contributed by atoms with Crippen molar-refractivity contribution in [2.45, 2.75) is 122 Å². The van der Waals surface area contributed by atoms with Crippen LogP contribution >= 0.6 is 0 Å². The molecule has 0 saturated heterocycles. The van der Waals surface area contributed by atoms with Gasteiger partial charge in [-0.15, -0.1) is 0 Å². The van der Waals surface area contributed by atoms with Gasteiger partial charge in [-0.25, -0.2) is 0 Å². The highest BCUT2D eigenvalue weighted by Gasteiger charge is 2.14. The van der Waals surface area contributed by atoms with Crippen LogP contribution in [0.15, 0.2) is 0 Å². The van der Waals surface area contributed by atoms with E-state index in [0.717, 1.165) is 51.2 Å². The van der Waals surface area contributed by atoms with Gasteiger partial charge in [0, 0.05) is 13.0 Å². The molecule has 4 heteroatoms. The molecule has 0 aromatic heterocycles. The Bertz CT molecular complexity index is 327. The molecule has 0 aliphatic heterocycles. The molecule has 0 fully saturated rings. The first-order valence-electron chi connectivity index (χ1n) is 11.7.